The zero-order valence-electron chi connectivity index (χ0n) is 25.7. The molecule has 0 saturated heterocycles. The van der Waals surface area contributed by atoms with Crippen molar-refractivity contribution in [3.05, 3.63) is 158 Å². The monoisotopic (exact) mass is 630 g/mol. The lowest BCUT2D eigenvalue weighted by Gasteiger charge is -2.14. The van der Waals surface area contributed by atoms with E-state index in [-0.39, 0.29) is 0 Å². The van der Waals surface area contributed by atoms with Crippen molar-refractivity contribution in [1.29, 1.82) is 0 Å². The van der Waals surface area contributed by atoms with Crippen molar-refractivity contribution in [1.82, 2.24) is 19.5 Å². The van der Waals surface area contributed by atoms with Gasteiger partial charge in [-0.25, -0.2) is 15.0 Å². The molecule has 10 rings (SSSR count). The summed E-state index contributed by atoms with van der Waals surface area (Å²) in [5.41, 5.74) is 6.44. The highest BCUT2D eigenvalue weighted by atomic mass is 32.1. The number of fused-ring (bicyclic) bond motifs is 7. The Bertz CT molecular complexity index is 2780. The third kappa shape index (κ3) is 4.18. The Morgan fingerprint density at radius 2 is 1.02 bits per heavy atom. The van der Waals surface area contributed by atoms with Crippen LogP contribution in [0.15, 0.2) is 158 Å². The van der Waals surface area contributed by atoms with Crippen molar-refractivity contribution in [3.8, 4) is 39.9 Å². The van der Waals surface area contributed by atoms with E-state index in [1.807, 2.05) is 36.4 Å². The van der Waals surface area contributed by atoms with E-state index in [4.69, 9.17) is 15.0 Å². The van der Waals surface area contributed by atoms with Crippen molar-refractivity contribution in [2.45, 2.75) is 0 Å². The molecule has 0 amide bonds. The number of rotatable bonds is 4. The molecule has 10 aromatic rings. The molecule has 0 aliphatic carbocycles. The van der Waals surface area contributed by atoms with Gasteiger partial charge in [0.2, 0.25) is 0 Å². The summed E-state index contributed by atoms with van der Waals surface area (Å²) in [6, 6.07) is 55.5. The zero-order chi connectivity index (χ0) is 31.6. The molecule has 224 valence electrons. The van der Waals surface area contributed by atoms with Gasteiger partial charge in [0.05, 0.1) is 16.7 Å². The van der Waals surface area contributed by atoms with Crippen LogP contribution in [0.2, 0.25) is 0 Å². The summed E-state index contributed by atoms with van der Waals surface area (Å²) in [5.74, 6) is 1.98. The maximum Gasteiger partial charge on any atom is 0.165 e. The zero-order valence-corrected chi connectivity index (χ0v) is 26.5. The molecule has 0 aliphatic heterocycles. The normalized spacial score (nSPS) is 11.8. The molecule has 4 nitrogen and oxygen atoms in total. The first-order chi connectivity index (χ1) is 23.8. The fourth-order valence-electron chi connectivity index (χ4n) is 7.02. The Kier molecular flexibility index (Phi) is 6.01. The minimum absolute atomic E-state index is 0.659. The molecule has 5 heteroatoms. The number of hydrogen-bond donors (Lipinski definition) is 0. The van der Waals surface area contributed by atoms with Gasteiger partial charge in [-0.2, -0.15) is 0 Å². The van der Waals surface area contributed by atoms with Gasteiger partial charge in [-0.1, -0.05) is 121 Å². The molecule has 3 aromatic heterocycles. The van der Waals surface area contributed by atoms with Gasteiger partial charge >= 0.3 is 0 Å². The summed E-state index contributed by atoms with van der Waals surface area (Å²) >= 11 is 1.80. The van der Waals surface area contributed by atoms with Gasteiger partial charge in [-0.3, -0.25) is 0 Å². The highest BCUT2D eigenvalue weighted by Crippen LogP contribution is 2.45. The van der Waals surface area contributed by atoms with E-state index in [9.17, 15) is 0 Å². The lowest BCUT2D eigenvalue weighted by atomic mass is 10.0. The molecular formula is C43H26N4S. The third-order valence-electron chi connectivity index (χ3n) is 9.23. The van der Waals surface area contributed by atoms with Gasteiger partial charge in [-0.05, 0) is 47.2 Å². The number of nitrogens with zero attached hydrogens (tertiary/aromatic N) is 4. The van der Waals surface area contributed by atoms with Crippen LogP contribution in [-0.4, -0.2) is 19.5 Å². The first-order valence-electron chi connectivity index (χ1n) is 16.0. The highest BCUT2D eigenvalue weighted by Gasteiger charge is 2.22. The van der Waals surface area contributed by atoms with Crippen molar-refractivity contribution in [2.75, 3.05) is 0 Å². The van der Waals surface area contributed by atoms with Gasteiger partial charge in [0.25, 0.3) is 0 Å². The number of thiophene rings is 1. The maximum absolute atomic E-state index is 5.12. The lowest BCUT2D eigenvalue weighted by molar-refractivity contribution is 1.08. The molecule has 0 N–H and O–H groups in total. The Morgan fingerprint density at radius 3 is 1.75 bits per heavy atom. The summed E-state index contributed by atoms with van der Waals surface area (Å²) in [6.45, 7) is 0. The molecular weight excluding hydrogens is 605 g/mol. The van der Waals surface area contributed by atoms with Crippen LogP contribution in [0.3, 0.4) is 0 Å². The van der Waals surface area contributed by atoms with E-state index in [1.165, 1.54) is 48.1 Å². The van der Waals surface area contributed by atoms with E-state index in [0.717, 1.165) is 27.1 Å². The Morgan fingerprint density at radius 1 is 0.438 bits per heavy atom. The molecule has 3 heterocycles. The summed E-state index contributed by atoms with van der Waals surface area (Å²) in [6.07, 6.45) is 0. The summed E-state index contributed by atoms with van der Waals surface area (Å²) in [4.78, 5) is 15.2. The average Bonchev–Trinajstić information content (AvgIpc) is 3.70. The quantitative estimate of drug-likeness (QED) is 0.194. The lowest BCUT2D eigenvalue weighted by Crippen LogP contribution is -2.01. The fraction of sp³-hybridized carbons (Fsp3) is 0. The average molecular weight is 631 g/mol. The Hall–Kier alpha value is -6.17. The topological polar surface area (TPSA) is 43.6 Å². The minimum Gasteiger partial charge on any atom is -0.309 e. The number of aromatic nitrogens is 4. The third-order valence-corrected chi connectivity index (χ3v) is 10.4. The second-order valence-electron chi connectivity index (χ2n) is 12.0. The van der Waals surface area contributed by atoms with Gasteiger partial charge in [-0.15, -0.1) is 11.3 Å². The van der Waals surface area contributed by atoms with Crippen LogP contribution in [0.1, 0.15) is 0 Å². The van der Waals surface area contributed by atoms with Gasteiger partial charge in [0.1, 0.15) is 0 Å². The predicted molar refractivity (Wildman–Crippen MR) is 201 cm³/mol. The van der Waals surface area contributed by atoms with Crippen LogP contribution in [0, 0.1) is 0 Å². The maximum atomic E-state index is 5.12. The molecule has 0 spiro atoms. The van der Waals surface area contributed by atoms with Crippen LogP contribution >= 0.6 is 11.3 Å². The van der Waals surface area contributed by atoms with Gasteiger partial charge in [0, 0.05) is 47.6 Å². The van der Waals surface area contributed by atoms with E-state index in [2.05, 4.69) is 126 Å². The van der Waals surface area contributed by atoms with Crippen LogP contribution in [0.5, 0.6) is 0 Å². The smallest absolute Gasteiger partial charge is 0.165 e. The first-order valence-corrected chi connectivity index (χ1v) is 16.9. The van der Waals surface area contributed by atoms with E-state index >= 15 is 0 Å². The highest BCUT2D eigenvalue weighted by molar-refractivity contribution is 7.26. The van der Waals surface area contributed by atoms with Crippen molar-refractivity contribution in [3.63, 3.8) is 0 Å². The summed E-state index contributed by atoms with van der Waals surface area (Å²) < 4.78 is 4.83. The number of hydrogen-bond acceptors (Lipinski definition) is 4. The predicted octanol–water partition coefficient (Wildman–Crippen LogP) is 11.5. The standard InChI is InChI=1S/C43H26N4S/c1-3-13-27(14-4-1)41-44-42(28-15-5-2-6-16-28)46-43(45-41)33-23-24-36(39-32-20-10-12-22-38(32)48-40(33)39)47-35-21-11-9-19-31(35)34-25-29-17-7-8-18-30(29)26-37(34)47/h1-26H. The van der Waals surface area contributed by atoms with E-state index < -0.39 is 0 Å². The van der Waals surface area contributed by atoms with Crippen molar-refractivity contribution < 1.29 is 0 Å². The molecule has 0 atom stereocenters. The molecule has 0 fully saturated rings. The van der Waals surface area contributed by atoms with Crippen LogP contribution in [-0.2, 0) is 0 Å². The summed E-state index contributed by atoms with van der Waals surface area (Å²) in [7, 11) is 0. The Labute approximate surface area is 280 Å². The van der Waals surface area contributed by atoms with Crippen molar-refractivity contribution in [2.24, 2.45) is 0 Å². The Balaban J connectivity index is 1.30. The van der Waals surface area contributed by atoms with Gasteiger partial charge < -0.3 is 4.57 Å². The first kappa shape index (κ1) is 27.0. The van der Waals surface area contributed by atoms with Crippen molar-refractivity contribution >= 4 is 64.1 Å². The SMILES string of the molecule is c1ccc(-c2nc(-c3ccccc3)nc(-c3ccc(-n4c5ccccc5c5cc6ccccc6cc54)c4c3sc3ccccc34)n2)cc1. The second kappa shape index (κ2) is 10.7. The van der Waals surface area contributed by atoms with E-state index in [1.54, 1.807) is 11.3 Å². The minimum atomic E-state index is 0.659. The van der Waals surface area contributed by atoms with Crippen LogP contribution < -0.4 is 0 Å². The van der Waals surface area contributed by atoms with Gasteiger partial charge in [0.15, 0.2) is 17.5 Å². The van der Waals surface area contributed by atoms with Crippen LogP contribution in [0.4, 0.5) is 0 Å². The number of para-hydroxylation sites is 1. The molecule has 48 heavy (non-hydrogen) atoms. The molecule has 0 saturated carbocycles. The summed E-state index contributed by atoms with van der Waals surface area (Å²) in [5, 5.41) is 7.39. The fourth-order valence-corrected chi connectivity index (χ4v) is 8.25. The second-order valence-corrected chi connectivity index (χ2v) is 13.1. The largest absolute Gasteiger partial charge is 0.309 e. The molecule has 0 bridgehead atoms. The molecule has 7 aromatic carbocycles. The molecule has 0 aliphatic rings. The number of benzene rings is 7. The van der Waals surface area contributed by atoms with E-state index in [0.29, 0.717) is 17.5 Å². The molecule has 0 radical (unpaired) electrons. The van der Waals surface area contributed by atoms with Crippen LogP contribution in [0.25, 0.3) is 92.6 Å². The molecule has 0 unspecified atom stereocenters.